The molecule has 0 spiro atoms. The minimum atomic E-state index is -1.12. The van der Waals surface area contributed by atoms with Crippen LogP contribution in [0.5, 0.6) is 0 Å². The Balaban J connectivity index is 2.11. The van der Waals surface area contributed by atoms with E-state index in [4.69, 9.17) is 0 Å². The first-order valence-electron chi connectivity index (χ1n) is 6.94. The minimum absolute atomic E-state index is 0.0315. The molecule has 2 aromatic rings. The second-order valence-corrected chi connectivity index (χ2v) is 5.39. The highest BCUT2D eigenvalue weighted by Gasteiger charge is 2.36. The molecule has 0 aliphatic carbocycles. The summed E-state index contributed by atoms with van der Waals surface area (Å²) in [5.41, 5.74) is 1.43. The van der Waals surface area contributed by atoms with Crippen molar-refractivity contribution in [3.05, 3.63) is 59.2 Å². The molecule has 0 bridgehead atoms. The molecule has 0 aromatic heterocycles. The summed E-state index contributed by atoms with van der Waals surface area (Å²) in [6.45, 7) is 0. The Bertz CT molecular complexity index is 807. The lowest BCUT2D eigenvalue weighted by Crippen LogP contribution is -2.29. The Morgan fingerprint density at radius 3 is 2.04 bits per heavy atom. The van der Waals surface area contributed by atoms with Gasteiger partial charge in [0.15, 0.2) is 0 Å². The number of carboxylic acids is 1. The molecule has 2 amide bonds. The molecule has 0 saturated heterocycles. The first-order valence-corrected chi connectivity index (χ1v) is 6.94. The van der Waals surface area contributed by atoms with Gasteiger partial charge in [0.2, 0.25) is 0 Å². The number of amides is 2. The summed E-state index contributed by atoms with van der Waals surface area (Å²) in [6, 6.07) is 11.0. The van der Waals surface area contributed by atoms with Crippen LogP contribution in [0.2, 0.25) is 0 Å². The molecule has 3 rings (SSSR count). The van der Waals surface area contributed by atoms with E-state index in [-0.39, 0.29) is 11.3 Å². The van der Waals surface area contributed by atoms with Gasteiger partial charge in [-0.1, -0.05) is 12.1 Å². The summed E-state index contributed by atoms with van der Waals surface area (Å²) in [4.78, 5) is 39.0. The Morgan fingerprint density at radius 1 is 1.00 bits per heavy atom. The quantitative estimate of drug-likeness (QED) is 0.880. The number of rotatable bonds is 3. The lowest BCUT2D eigenvalue weighted by atomic mass is 10.1. The second-order valence-electron chi connectivity index (χ2n) is 5.39. The van der Waals surface area contributed by atoms with E-state index in [0.29, 0.717) is 16.8 Å². The van der Waals surface area contributed by atoms with Gasteiger partial charge in [-0.05, 0) is 30.3 Å². The average molecular weight is 310 g/mol. The predicted octanol–water partition coefficient (Wildman–Crippen LogP) is 2.25. The number of imide groups is 1. The van der Waals surface area contributed by atoms with Crippen molar-refractivity contribution in [2.45, 2.75) is 0 Å². The van der Waals surface area contributed by atoms with Crippen LogP contribution < -0.4 is 9.80 Å². The van der Waals surface area contributed by atoms with E-state index in [1.54, 1.807) is 55.4 Å². The first-order chi connectivity index (χ1) is 10.9. The predicted molar refractivity (Wildman–Crippen MR) is 85.3 cm³/mol. The van der Waals surface area contributed by atoms with Crippen LogP contribution in [-0.2, 0) is 0 Å². The Morgan fingerprint density at radius 2 is 1.57 bits per heavy atom. The van der Waals surface area contributed by atoms with Gasteiger partial charge in [-0.15, -0.1) is 0 Å². The van der Waals surface area contributed by atoms with Crippen LogP contribution in [0.25, 0.3) is 0 Å². The van der Waals surface area contributed by atoms with E-state index in [1.165, 1.54) is 6.07 Å². The number of aromatic carboxylic acids is 1. The summed E-state index contributed by atoms with van der Waals surface area (Å²) in [5.74, 6) is -2.01. The smallest absolute Gasteiger partial charge is 0.337 e. The molecule has 116 valence electrons. The Labute approximate surface area is 132 Å². The third-order valence-corrected chi connectivity index (χ3v) is 3.74. The average Bonchev–Trinajstić information content (AvgIpc) is 2.78. The molecule has 6 nitrogen and oxygen atoms in total. The number of hydrogen-bond donors (Lipinski definition) is 1. The normalized spacial score (nSPS) is 13.2. The molecule has 2 aromatic carbocycles. The molecule has 0 radical (unpaired) electrons. The van der Waals surface area contributed by atoms with E-state index in [2.05, 4.69) is 0 Å². The number of carboxylic acid groups (broad SMARTS) is 1. The molecular weight excluding hydrogens is 296 g/mol. The van der Waals surface area contributed by atoms with Crippen molar-refractivity contribution >= 4 is 29.2 Å². The van der Waals surface area contributed by atoms with Gasteiger partial charge in [-0.25, -0.2) is 9.69 Å². The molecule has 23 heavy (non-hydrogen) atoms. The maximum atomic E-state index is 12.5. The molecule has 1 heterocycles. The standard InChI is InChI=1S/C17H14N2O4/c1-18(2)14-8-7-10(9-13(14)17(22)23)19-15(20)11-5-3-4-6-12(11)16(19)21/h3-9H,1-2H3,(H,22,23). The molecule has 0 unspecified atom stereocenters. The zero-order valence-corrected chi connectivity index (χ0v) is 12.6. The Hall–Kier alpha value is -3.15. The van der Waals surface area contributed by atoms with Crippen molar-refractivity contribution in [2.75, 3.05) is 23.9 Å². The lowest BCUT2D eigenvalue weighted by Gasteiger charge is -2.19. The van der Waals surface area contributed by atoms with Crippen LogP contribution in [0.4, 0.5) is 11.4 Å². The maximum absolute atomic E-state index is 12.5. The molecule has 0 fully saturated rings. The summed E-state index contributed by atoms with van der Waals surface area (Å²) < 4.78 is 0. The summed E-state index contributed by atoms with van der Waals surface area (Å²) in [5, 5.41) is 9.37. The lowest BCUT2D eigenvalue weighted by molar-refractivity contribution is 0.0696. The SMILES string of the molecule is CN(C)c1ccc(N2C(=O)c3ccccc3C2=O)cc1C(=O)O. The zero-order chi connectivity index (χ0) is 16.7. The van der Waals surface area contributed by atoms with Crippen LogP contribution in [0.15, 0.2) is 42.5 Å². The highest BCUT2D eigenvalue weighted by Crippen LogP contribution is 2.31. The number of benzene rings is 2. The molecule has 1 N–H and O–H groups in total. The van der Waals surface area contributed by atoms with Gasteiger partial charge >= 0.3 is 5.97 Å². The second kappa shape index (κ2) is 5.24. The Kier molecular flexibility index (Phi) is 3.37. The van der Waals surface area contributed by atoms with Crippen LogP contribution in [0, 0.1) is 0 Å². The fourth-order valence-corrected chi connectivity index (χ4v) is 2.65. The molecule has 6 heteroatoms. The third kappa shape index (κ3) is 2.24. The number of anilines is 2. The van der Waals surface area contributed by atoms with Gasteiger partial charge in [0.1, 0.15) is 0 Å². The molecular formula is C17H14N2O4. The van der Waals surface area contributed by atoms with Gasteiger partial charge in [0.05, 0.1) is 28.1 Å². The van der Waals surface area contributed by atoms with Crippen molar-refractivity contribution in [1.82, 2.24) is 0 Å². The number of fused-ring (bicyclic) bond motifs is 1. The summed E-state index contributed by atoms with van der Waals surface area (Å²) in [7, 11) is 3.45. The van der Waals surface area contributed by atoms with Crippen molar-refractivity contribution in [1.29, 1.82) is 0 Å². The molecule has 0 saturated carbocycles. The fraction of sp³-hybridized carbons (Fsp3) is 0.118. The van der Waals surface area contributed by atoms with Gasteiger partial charge in [-0.2, -0.15) is 0 Å². The third-order valence-electron chi connectivity index (χ3n) is 3.74. The van der Waals surface area contributed by atoms with Gasteiger partial charge in [-0.3, -0.25) is 9.59 Å². The topological polar surface area (TPSA) is 77.9 Å². The van der Waals surface area contributed by atoms with Crippen molar-refractivity contribution in [3.63, 3.8) is 0 Å². The van der Waals surface area contributed by atoms with Crippen molar-refractivity contribution in [2.24, 2.45) is 0 Å². The van der Waals surface area contributed by atoms with Crippen LogP contribution >= 0.6 is 0 Å². The van der Waals surface area contributed by atoms with Crippen LogP contribution in [-0.4, -0.2) is 37.0 Å². The van der Waals surface area contributed by atoms with Gasteiger partial charge in [0.25, 0.3) is 11.8 Å². The van der Waals surface area contributed by atoms with Crippen molar-refractivity contribution in [3.8, 4) is 0 Å². The maximum Gasteiger partial charge on any atom is 0.337 e. The number of nitrogens with zero attached hydrogens (tertiary/aromatic N) is 2. The zero-order valence-electron chi connectivity index (χ0n) is 12.6. The van der Waals surface area contributed by atoms with E-state index in [9.17, 15) is 19.5 Å². The van der Waals surface area contributed by atoms with Crippen LogP contribution in [0.1, 0.15) is 31.1 Å². The molecule has 1 aliphatic rings. The summed E-state index contributed by atoms with van der Waals surface area (Å²) >= 11 is 0. The largest absolute Gasteiger partial charge is 0.478 e. The van der Waals surface area contributed by atoms with Crippen LogP contribution in [0.3, 0.4) is 0 Å². The molecule has 0 atom stereocenters. The van der Waals surface area contributed by atoms with E-state index in [1.807, 2.05) is 0 Å². The molecule has 1 aliphatic heterocycles. The number of carbonyl (C=O) groups excluding carboxylic acids is 2. The number of carbonyl (C=O) groups is 3. The van der Waals surface area contributed by atoms with Crippen molar-refractivity contribution < 1.29 is 19.5 Å². The van der Waals surface area contributed by atoms with Gasteiger partial charge in [0, 0.05) is 14.1 Å². The monoisotopic (exact) mass is 310 g/mol. The summed E-state index contributed by atoms with van der Waals surface area (Å²) in [6.07, 6.45) is 0. The number of hydrogen-bond acceptors (Lipinski definition) is 4. The van der Waals surface area contributed by atoms with E-state index < -0.39 is 17.8 Å². The highest BCUT2D eigenvalue weighted by atomic mass is 16.4. The minimum Gasteiger partial charge on any atom is -0.478 e. The van der Waals surface area contributed by atoms with E-state index in [0.717, 1.165) is 4.90 Å². The fourth-order valence-electron chi connectivity index (χ4n) is 2.65. The highest BCUT2D eigenvalue weighted by molar-refractivity contribution is 6.34. The van der Waals surface area contributed by atoms with Gasteiger partial charge < -0.3 is 10.0 Å². The first kappa shape index (κ1) is 14.8. The van der Waals surface area contributed by atoms with E-state index >= 15 is 0 Å².